The van der Waals surface area contributed by atoms with Crippen LogP contribution in [0.15, 0.2) is 66.7 Å². The third-order valence-electron chi connectivity index (χ3n) is 5.22. The minimum Gasteiger partial charge on any atom is -0.255 e. The van der Waals surface area contributed by atoms with Crippen LogP contribution in [0, 0.1) is 0 Å². The summed E-state index contributed by atoms with van der Waals surface area (Å²) in [6.45, 7) is 13.4. The van der Waals surface area contributed by atoms with Crippen molar-refractivity contribution in [2.24, 2.45) is 0 Å². The highest BCUT2D eigenvalue weighted by atomic mass is 31.1. The second kappa shape index (κ2) is 8.13. The highest BCUT2D eigenvalue weighted by Gasteiger charge is 2.25. The van der Waals surface area contributed by atoms with Crippen LogP contribution < -0.4 is 4.52 Å². The van der Waals surface area contributed by atoms with Crippen LogP contribution in [0.2, 0.25) is 0 Å². The molecule has 150 valence electrons. The van der Waals surface area contributed by atoms with E-state index in [2.05, 4.69) is 77.9 Å². The summed E-state index contributed by atoms with van der Waals surface area (Å²) in [6, 6.07) is 23.1. The molecule has 0 aliphatic heterocycles. The van der Waals surface area contributed by atoms with Gasteiger partial charge < -0.3 is 0 Å². The number of hydrogen-bond acceptors (Lipinski definition) is 2. The third-order valence-corrected chi connectivity index (χ3v) is 5.53. The fourth-order valence-corrected chi connectivity index (χ4v) is 3.82. The molecule has 0 aromatic heterocycles. The molecule has 29 heavy (non-hydrogen) atoms. The summed E-state index contributed by atoms with van der Waals surface area (Å²) >= 11 is 0. The molecule has 0 saturated carbocycles. The minimum atomic E-state index is -0.838. The topological polar surface area (TPSA) is 26.3 Å². The first kappa shape index (κ1) is 21.3. The smallest absolute Gasteiger partial charge is 0.255 e. The van der Waals surface area contributed by atoms with Crippen LogP contribution in [-0.4, -0.2) is 0 Å². The van der Waals surface area contributed by atoms with Crippen molar-refractivity contribution in [3.63, 3.8) is 0 Å². The molecule has 0 heterocycles. The normalized spacial score (nSPS) is 12.2. The molecule has 0 radical (unpaired) electrons. The Labute approximate surface area is 176 Å². The van der Waals surface area contributed by atoms with E-state index in [9.17, 15) is 4.57 Å². The molecule has 3 heteroatoms. The Morgan fingerprint density at radius 3 is 1.97 bits per heavy atom. The molecule has 3 rings (SSSR count). The van der Waals surface area contributed by atoms with Crippen molar-refractivity contribution >= 4 is 8.69 Å². The number of hydrogen-bond donors (Lipinski definition) is 0. The van der Waals surface area contributed by atoms with Gasteiger partial charge in [0.1, 0.15) is 0 Å². The van der Waals surface area contributed by atoms with E-state index in [4.69, 9.17) is 4.52 Å². The van der Waals surface area contributed by atoms with Crippen molar-refractivity contribution in [2.45, 2.75) is 52.4 Å². The Hall–Kier alpha value is -2.44. The van der Waals surface area contributed by atoms with Crippen molar-refractivity contribution in [1.29, 1.82) is 0 Å². The summed E-state index contributed by atoms with van der Waals surface area (Å²) in [6.07, 6.45) is 0. The van der Waals surface area contributed by atoms with Crippen LogP contribution in [0.1, 0.15) is 52.7 Å². The Bertz CT molecular complexity index is 1010. The SMILES string of the molecule is CC(C)(C)c1ccc(-c2cc(-c3ccccc3)ccc2O[PH+]=O)c(C(C)(C)C)c1. The average molecular weight is 405 g/mol. The summed E-state index contributed by atoms with van der Waals surface area (Å²) < 4.78 is 16.8. The van der Waals surface area contributed by atoms with E-state index in [0.29, 0.717) is 5.75 Å². The van der Waals surface area contributed by atoms with Gasteiger partial charge in [-0.05, 0) is 55.3 Å². The highest BCUT2D eigenvalue weighted by Crippen LogP contribution is 2.42. The zero-order valence-corrected chi connectivity index (χ0v) is 19.2. The Morgan fingerprint density at radius 2 is 1.38 bits per heavy atom. The molecule has 0 spiro atoms. The Morgan fingerprint density at radius 1 is 0.690 bits per heavy atom. The van der Waals surface area contributed by atoms with Gasteiger partial charge in [0, 0.05) is 5.56 Å². The maximum atomic E-state index is 11.3. The van der Waals surface area contributed by atoms with Crippen LogP contribution >= 0.6 is 8.69 Å². The Balaban J connectivity index is 2.27. The zero-order valence-electron chi connectivity index (χ0n) is 18.2. The molecule has 0 aliphatic carbocycles. The van der Waals surface area contributed by atoms with Gasteiger partial charge in [0.05, 0.1) is 0 Å². The van der Waals surface area contributed by atoms with Crippen LogP contribution in [0.4, 0.5) is 0 Å². The molecule has 0 bridgehead atoms. The lowest BCUT2D eigenvalue weighted by Gasteiger charge is -2.28. The third kappa shape index (κ3) is 4.77. The predicted octanol–water partition coefficient (Wildman–Crippen LogP) is 7.93. The highest BCUT2D eigenvalue weighted by molar-refractivity contribution is 7.17. The van der Waals surface area contributed by atoms with Gasteiger partial charge in [-0.3, -0.25) is 4.52 Å². The molecule has 0 N–H and O–H groups in total. The maximum absolute atomic E-state index is 11.3. The van der Waals surface area contributed by atoms with Gasteiger partial charge in [-0.2, -0.15) is 0 Å². The minimum absolute atomic E-state index is 0.0453. The van der Waals surface area contributed by atoms with Gasteiger partial charge in [-0.15, -0.1) is 0 Å². The first-order valence-electron chi connectivity index (χ1n) is 10.00. The van der Waals surface area contributed by atoms with E-state index < -0.39 is 8.69 Å². The van der Waals surface area contributed by atoms with Crippen molar-refractivity contribution < 1.29 is 9.09 Å². The molecule has 3 aromatic rings. The summed E-state index contributed by atoms with van der Waals surface area (Å²) in [5.41, 5.74) is 6.94. The van der Waals surface area contributed by atoms with Crippen molar-refractivity contribution in [1.82, 2.24) is 0 Å². The molecular weight excluding hydrogens is 375 g/mol. The van der Waals surface area contributed by atoms with Crippen LogP contribution in [0.5, 0.6) is 5.75 Å². The second-order valence-electron chi connectivity index (χ2n) is 9.52. The second-order valence-corrected chi connectivity index (χ2v) is 9.89. The van der Waals surface area contributed by atoms with Crippen molar-refractivity contribution in [2.75, 3.05) is 0 Å². The molecule has 2 nitrogen and oxygen atoms in total. The van der Waals surface area contributed by atoms with E-state index in [1.807, 2.05) is 30.3 Å². The zero-order chi connectivity index (χ0) is 21.2. The number of benzene rings is 3. The van der Waals surface area contributed by atoms with E-state index in [0.717, 1.165) is 22.3 Å². The lowest BCUT2D eigenvalue weighted by atomic mass is 9.77. The van der Waals surface area contributed by atoms with Crippen molar-refractivity contribution in [3.05, 3.63) is 77.9 Å². The molecule has 0 saturated heterocycles. The lowest BCUT2D eigenvalue weighted by Crippen LogP contribution is -2.17. The van der Waals surface area contributed by atoms with E-state index in [1.54, 1.807) is 0 Å². The molecule has 0 fully saturated rings. The van der Waals surface area contributed by atoms with Crippen LogP contribution in [0.25, 0.3) is 22.3 Å². The van der Waals surface area contributed by atoms with Gasteiger partial charge >= 0.3 is 8.69 Å². The lowest BCUT2D eigenvalue weighted by molar-refractivity contribution is 0.525. The van der Waals surface area contributed by atoms with Gasteiger partial charge in [-0.25, -0.2) is 0 Å². The summed E-state index contributed by atoms with van der Waals surface area (Å²) in [5.74, 6) is 0.645. The summed E-state index contributed by atoms with van der Waals surface area (Å²) in [5, 5.41) is 0. The predicted molar refractivity (Wildman–Crippen MR) is 124 cm³/mol. The van der Waals surface area contributed by atoms with E-state index in [1.165, 1.54) is 11.1 Å². The quantitative estimate of drug-likeness (QED) is 0.412. The monoisotopic (exact) mass is 405 g/mol. The molecule has 1 atom stereocenters. The van der Waals surface area contributed by atoms with Crippen LogP contribution in [0.3, 0.4) is 0 Å². The first-order chi connectivity index (χ1) is 13.6. The van der Waals surface area contributed by atoms with Gasteiger partial charge in [0.15, 0.2) is 5.75 Å². The van der Waals surface area contributed by atoms with Crippen LogP contribution in [-0.2, 0) is 15.4 Å². The molecule has 0 amide bonds. The fraction of sp³-hybridized carbons (Fsp3) is 0.308. The summed E-state index contributed by atoms with van der Waals surface area (Å²) in [7, 11) is -0.838. The Kier molecular flexibility index (Phi) is 5.96. The number of rotatable bonds is 4. The standard InChI is InChI=1S/C26H30O2P/c1-25(2,3)20-13-14-21(23(17-20)26(4,5)6)22-16-19(12-15-24(22)28-29-27)18-10-8-7-9-11-18/h7-17,29H,1-6H3/q+1. The average Bonchev–Trinajstić information content (AvgIpc) is 2.67. The van der Waals surface area contributed by atoms with E-state index >= 15 is 0 Å². The summed E-state index contributed by atoms with van der Waals surface area (Å²) in [4.78, 5) is 0. The molecule has 0 aliphatic rings. The van der Waals surface area contributed by atoms with E-state index in [-0.39, 0.29) is 10.8 Å². The van der Waals surface area contributed by atoms with Crippen molar-refractivity contribution in [3.8, 4) is 28.0 Å². The molecule has 3 aromatic carbocycles. The maximum Gasteiger partial charge on any atom is 0.542 e. The first-order valence-corrected chi connectivity index (χ1v) is 10.8. The molecule has 1 unspecified atom stereocenters. The van der Waals surface area contributed by atoms with Gasteiger partial charge in [0.25, 0.3) is 0 Å². The van der Waals surface area contributed by atoms with Gasteiger partial charge in [-0.1, -0.05) is 96.1 Å². The van der Waals surface area contributed by atoms with Gasteiger partial charge in [0.2, 0.25) is 0 Å². The largest absolute Gasteiger partial charge is 0.542 e. The molecular formula is C26H30O2P+. The fourth-order valence-electron chi connectivity index (χ4n) is 3.55.